The zero-order valence-electron chi connectivity index (χ0n) is 16.1. The van der Waals surface area contributed by atoms with Crippen molar-refractivity contribution >= 4 is 17.7 Å². The Kier molecular flexibility index (Phi) is 6.07. The molecular formula is C21H28N2O2S. The highest BCUT2D eigenvalue weighted by molar-refractivity contribution is 7.99. The summed E-state index contributed by atoms with van der Waals surface area (Å²) in [7, 11) is 0. The molecule has 1 fully saturated rings. The number of benzene rings is 1. The van der Waals surface area contributed by atoms with Gasteiger partial charge >= 0.3 is 0 Å². The van der Waals surface area contributed by atoms with Crippen LogP contribution in [0.2, 0.25) is 0 Å². The number of carbonyl (C=O) groups is 1. The average molecular weight is 373 g/mol. The van der Waals surface area contributed by atoms with E-state index >= 15 is 0 Å². The second-order valence-corrected chi connectivity index (χ2v) is 8.43. The molecule has 0 bridgehead atoms. The summed E-state index contributed by atoms with van der Waals surface area (Å²) in [6.45, 7) is 8.99. The lowest BCUT2D eigenvalue weighted by molar-refractivity contribution is -0.129. The fourth-order valence-corrected chi connectivity index (χ4v) is 4.10. The summed E-state index contributed by atoms with van der Waals surface area (Å²) in [4.78, 5) is 14.8. The highest BCUT2D eigenvalue weighted by Crippen LogP contribution is 2.30. The van der Waals surface area contributed by atoms with Crippen LogP contribution in [-0.2, 0) is 17.1 Å². The maximum Gasteiger partial charge on any atom is 0.233 e. The van der Waals surface area contributed by atoms with Crippen LogP contribution in [-0.4, -0.2) is 27.8 Å². The summed E-state index contributed by atoms with van der Waals surface area (Å²) in [5.74, 6) is 2.90. The SMILES string of the molecule is Cc1noc(C)c1CSCC(=O)N(Cc1ccc(C(C)C)cc1)C1CC1. The standard InChI is InChI=1S/C21H28N2O2S/c1-14(2)18-7-5-17(6-8-18)11-23(19-9-10-19)21(24)13-26-12-20-15(3)22-25-16(20)4/h5-8,14,19H,9-13H2,1-4H3. The molecule has 0 atom stereocenters. The molecular weight excluding hydrogens is 344 g/mol. The second-order valence-electron chi connectivity index (χ2n) is 7.44. The van der Waals surface area contributed by atoms with E-state index < -0.39 is 0 Å². The molecule has 2 aromatic rings. The summed E-state index contributed by atoms with van der Waals surface area (Å²) in [6.07, 6.45) is 2.26. The predicted octanol–water partition coefficient (Wildman–Crippen LogP) is 4.84. The Morgan fingerprint density at radius 2 is 1.96 bits per heavy atom. The Morgan fingerprint density at radius 1 is 1.27 bits per heavy atom. The quantitative estimate of drug-likeness (QED) is 0.665. The molecule has 1 heterocycles. The number of rotatable bonds is 8. The lowest BCUT2D eigenvalue weighted by Crippen LogP contribution is -2.34. The van der Waals surface area contributed by atoms with Gasteiger partial charge in [0, 0.05) is 23.9 Å². The molecule has 1 aromatic carbocycles. The summed E-state index contributed by atoms with van der Waals surface area (Å²) in [6, 6.07) is 9.11. The molecule has 1 aliphatic rings. The lowest BCUT2D eigenvalue weighted by Gasteiger charge is -2.23. The first-order valence-electron chi connectivity index (χ1n) is 9.33. The van der Waals surface area contributed by atoms with Crippen LogP contribution in [0.3, 0.4) is 0 Å². The number of nitrogens with zero attached hydrogens (tertiary/aromatic N) is 2. The number of carbonyl (C=O) groups excluding carboxylic acids is 1. The van der Waals surface area contributed by atoms with Crippen molar-refractivity contribution in [3.8, 4) is 0 Å². The number of aryl methyl sites for hydroxylation is 2. The van der Waals surface area contributed by atoms with E-state index in [1.165, 1.54) is 11.1 Å². The van der Waals surface area contributed by atoms with E-state index in [4.69, 9.17) is 4.52 Å². The van der Waals surface area contributed by atoms with Gasteiger partial charge in [-0.25, -0.2) is 0 Å². The highest BCUT2D eigenvalue weighted by Gasteiger charge is 2.32. The molecule has 4 nitrogen and oxygen atoms in total. The van der Waals surface area contributed by atoms with Crippen molar-refractivity contribution in [2.24, 2.45) is 0 Å². The third-order valence-electron chi connectivity index (χ3n) is 4.96. The second kappa shape index (κ2) is 8.30. The third-order valence-corrected chi connectivity index (χ3v) is 5.90. The Balaban J connectivity index is 1.56. The molecule has 3 rings (SSSR count). The van der Waals surface area contributed by atoms with Crippen molar-refractivity contribution in [2.45, 2.75) is 64.8 Å². The minimum Gasteiger partial charge on any atom is -0.361 e. The Morgan fingerprint density at radius 3 is 2.50 bits per heavy atom. The Hall–Kier alpha value is -1.75. The molecule has 1 aliphatic carbocycles. The fourth-order valence-electron chi connectivity index (χ4n) is 3.04. The molecule has 0 N–H and O–H groups in total. The molecule has 1 aromatic heterocycles. The van der Waals surface area contributed by atoms with Crippen LogP contribution in [0.5, 0.6) is 0 Å². The number of thioether (sulfide) groups is 1. The Bertz CT molecular complexity index is 728. The molecule has 140 valence electrons. The molecule has 0 unspecified atom stereocenters. The number of aromatic nitrogens is 1. The number of hydrogen-bond acceptors (Lipinski definition) is 4. The molecule has 1 amide bonds. The smallest absolute Gasteiger partial charge is 0.233 e. The van der Waals surface area contributed by atoms with Gasteiger partial charge in [-0.05, 0) is 43.7 Å². The van der Waals surface area contributed by atoms with E-state index in [1.54, 1.807) is 11.8 Å². The van der Waals surface area contributed by atoms with Gasteiger partial charge in [-0.1, -0.05) is 43.3 Å². The van der Waals surface area contributed by atoms with Crippen LogP contribution in [0.15, 0.2) is 28.8 Å². The topological polar surface area (TPSA) is 46.3 Å². The summed E-state index contributed by atoms with van der Waals surface area (Å²) < 4.78 is 5.20. The van der Waals surface area contributed by atoms with E-state index in [0.717, 1.165) is 35.6 Å². The van der Waals surface area contributed by atoms with Gasteiger partial charge in [-0.2, -0.15) is 0 Å². The zero-order chi connectivity index (χ0) is 18.7. The molecule has 1 saturated carbocycles. The highest BCUT2D eigenvalue weighted by atomic mass is 32.2. The lowest BCUT2D eigenvalue weighted by atomic mass is 10.0. The van der Waals surface area contributed by atoms with E-state index in [1.807, 2.05) is 13.8 Å². The van der Waals surface area contributed by atoms with Gasteiger partial charge in [0.2, 0.25) is 5.91 Å². The molecule has 0 radical (unpaired) electrons. The van der Waals surface area contributed by atoms with Crippen LogP contribution in [0.1, 0.15) is 60.8 Å². The van der Waals surface area contributed by atoms with E-state index in [0.29, 0.717) is 24.3 Å². The maximum absolute atomic E-state index is 12.8. The van der Waals surface area contributed by atoms with Gasteiger partial charge < -0.3 is 9.42 Å². The zero-order valence-corrected chi connectivity index (χ0v) is 16.9. The number of amides is 1. The maximum atomic E-state index is 12.8. The van der Waals surface area contributed by atoms with Crippen LogP contribution in [0.25, 0.3) is 0 Å². The summed E-state index contributed by atoms with van der Waals surface area (Å²) >= 11 is 1.65. The minimum atomic E-state index is 0.234. The molecule has 0 aliphatic heterocycles. The third kappa shape index (κ3) is 4.70. The van der Waals surface area contributed by atoms with Crippen molar-refractivity contribution in [3.63, 3.8) is 0 Å². The van der Waals surface area contributed by atoms with Crippen LogP contribution in [0.4, 0.5) is 0 Å². The van der Waals surface area contributed by atoms with Gasteiger partial charge in [0.05, 0.1) is 11.4 Å². The van der Waals surface area contributed by atoms with Crippen molar-refractivity contribution in [2.75, 3.05) is 5.75 Å². The molecule has 0 spiro atoms. The van der Waals surface area contributed by atoms with Crippen LogP contribution in [0, 0.1) is 13.8 Å². The minimum absolute atomic E-state index is 0.234. The molecule has 0 saturated heterocycles. The first kappa shape index (κ1) is 19.0. The van der Waals surface area contributed by atoms with Gasteiger partial charge in [0.15, 0.2) is 0 Å². The first-order valence-corrected chi connectivity index (χ1v) is 10.5. The monoisotopic (exact) mass is 372 g/mol. The molecule has 5 heteroatoms. The summed E-state index contributed by atoms with van der Waals surface area (Å²) in [5, 5.41) is 3.98. The number of hydrogen-bond donors (Lipinski definition) is 0. The first-order chi connectivity index (χ1) is 12.5. The van der Waals surface area contributed by atoms with E-state index in [9.17, 15) is 4.79 Å². The van der Waals surface area contributed by atoms with Gasteiger partial charge in [0.1, 0.15) is 5.76 Å². The van der Waals surface area contributed by atoms with Crippen molar-refractivity contribution in [1.29, 1.82) is 0 Å². The fraction of sp³-hybridized carbons (Fsp3) is 0.524. The largest absolute Gasteiger partial charge is 0.361 e. The predicted molar refractivity (Wildman–Crippen MR) is 106 cm³/mol. The van der Waals surface area contributed by atoms with Crippen molar-refractivity contribution in [3.05, 3.63) is 52.4 Å². The van der Waals surface area contributed by atoms with Gasteiger partial charge in [0.25, 0.3) is 0 Å². The van der Waals surface area contributed by atoms with Crippen LogP contribution >= 0.6 is 11.8 Å². The average Bonchev–Trinajstić information content (AvgIpc) is 3.41. The summed E-state index contributed by atoms with van der Waals surface area (Å²) in [5.41, 5.74) is 4.59. The normalized spacial score (nSPS) is 14.0. The van der Waals surface area contributed by atoms with E-state index in [-0.39, 0.29) is 5.91 Å². The molecule has 26 heavy (non-hydrogen) atoms. The Labute approximate surface area is 160 Å². The van der Waals surface area contributed by atoms with Gasteiger partial charge in [-0.3, -0.25) is 4.79 Å². The van der Waals surface area contributed by atoms with Gasteiger partial charge in [-0.15, -0.1) is 11.8 Å². The van der Waals surface area contributed by atoms with Crippen LogP contribution < -0.4 is 0 Å². The van der Waals surface area contributed by atoms with Crippen molar-refractivity contribution < 1.29 is 9.32 Å². The van der Waals surface area contributed by atoms with Crippen molar-refractivity contribution in [1.82, 2.24) is 10.1 Å². The van der Waals surface area contributed by atoms with E-state index in [2.05, 4.69) is 48.2 Å².